The summed E-state index contributed by atoms with van der Waals surface area (Å²) in [5, 5.41) is 0. The molecule has 0 radical (unpaired) electrons. The van der Waals surface area contributed by atoms with Crippen molar-refractivity contribution in [2.24, 2.45) is 0 Å². The Balaban J connectivity index is 2.62. The van der Waals surface area contributed by atoms with Crippen LogP contribution in [-0.4, -0.2) is 18.5 Å². The second kappa shape index (κ2) is 16.7. The summed E-state index contributed by atoms with van der Waals surface area (Å²) >= 11 is 0. The number of hydrogen-bond acceptors (Lipinski definition) is 5. The molecule has 0 saturated carbocycles. The molecule has 1 rings (SSSR count). The molecule has 0 spiro atoms. The summed E-state index contributed by atoms with van der Waals surface area (Å²) in [4.78, 5) is 24.1. The molecular weight excluding hydrogens is 380 g/mol. The van der Waals surface area contributed by atoms with E-state index in [4.69, 9.17) is 14.2 Å². The number of benzene rings is 1. The van der Waals surface area contributed by atoms with E-state index in [2.05, 4.69) is 6.92 Å². The normalized spacial score (nSPS) is 10.6. The Bertz CT molecular complexity index is 612. The lowest BCUT2D eigenvalue weighted by Gasteiger charge is -2.13. The Morgan fingerprint density at radius 3 is 1.80 bits per heavy atom. The van der Waals surface area contributed by atoms with Crippen molar-refractivity contribution in [1.82, 2.24) is 0 Å². The predicted molar refractivity (Wildman–Crippen MR) is 120 cm³/mol. The van der Waals surface area contributed by atoms with Crippen molar-refractivity contribution in [3.63, 3.8) is 0 Å². The molecule has 0 heterocycles. The SMILES string of the molecule is CCCCCCCCCOc1ccc(OC(=O)CCCC)c(OC(=O)CCCC)c1. The second-order valence-corrected chi connectivity index (χ2v) is 7.73. The van der Waals surface area contributed by atoms with Gasteiger partial charge < -0.3 is 14.2 Å². The van der Waals surface area contributed by atoms with Gasteiger partial charge in [-0.1, -0.05) is 72.1 Å². The number of esters is 2. The zero-order valence-electron chi connectivity index (χ0n) is 19.2. The van der Waals surface area contributed by atoms with E-state index in [9.17, 15) is 9.59 Å². The van der Waals surface area contributed by atoms with Gasteiger partial charge in [-0.05, 0) is 31.4 Å². The van der Waals surface area contributed by atoms with Crippen molar-refractivity contribution in [3.8, 4) is 17.2 Å². The monoisotopic (exact) mass is 420 g/mol. The van der Waals surface area contributed by atoms with Crippen molar-refractivity contribution in [1.29, 1.82) is 0 Å². The molecule has 5 heteroatoms. The van der Waals surface area contributed by atoms with E-state index >= 15 is 0 Å². The lowest BCUT2D eigenvalue weighted by Crippen LogP contribution is -2.12. The molecule has 0 aliphatic heterocycles. The highest BCUT2D eigenvalue weighted by Crippen LogP contribution is 2.32. The zero-order chi connectivity index (χ0) is 22.0. The van der Waals surface area contributed by atoms with Crippen LogP contribution in [0.3, 0.4) is 0 Å². The minimum atomic E-state index is -0.327. The fraction of sp³-hybridized carbons (Fsp3) is 0.680. The molecule has 30 heavy (non-hydrogen) atoms. The van der Waals surface area contributed by atoms with Gasteiger partial charge in [0.1, 0.15) is 5.75 Å². The zero-order valence-corrected chi connectivity index (χ0v) is 19.2. The molecule has 0 aromatic heterocycles. The first kappa shape index (κ1) is 26.0. The highest BCUT2D eigenvalue weighted by Gasteiger charge is 2.15. The van der Waals surface area contributed by atoms with Crippen molar-refractivity contribution < 1.29 is 23.8 Å². The summed E-state index contributed by atoms with van der Waals surface area (Å²) in [7, 11) is 0. The van der Waals surface area contributed by atoms with Gasteiger partial charge in [0.25, 0.3) is 0 Å². The molecule has 5 nitrogen and oxygen atoms in total. The van der Waals surface area contributed by atoms with Gasteiger partial charge in [0.15, 0.2) is 11.5 Å². The Kier molecular flexibility index (Phi) is 14.5. The lowest BCUT2D eigenvalue weighted by atomic mass is 10.1. The van der Waals surface area contributed by atoms with E-state index in [1.165, 1.54) is 32.1 Å². The van der Waals surface area contributed by atoms with Crippen LogP contribution in [0.5, 0.6) is 17.2 Å². The van der Waals surface area contributed by atoms with Crippen LogP contribution < -0.4 is 14.2 Å². The van der Waals surface area contributed by atoms with Crippen LogP contribution >= 0.6 is 0 Å². The maximum atomic E-state index is 12.1. The van der Waals surface area contributed by atoms with Crippen LogP contribution in [-0.2, 0) is 9.59 Å². The number of hydrogen-bond donors (Lipinski definition) is 0. The standard InChI is InChI=1S/C25H40O5/c1-4-7-10-11-12-13-14-19-28-21-17-18-22(29-24(26)15-8-5-2)23(20-21)30-25(27)16-9-6-3/h17-18,20H,4-16,19H2,1-3H3. The molecule has 1 aromatic rings. The van der Waals surface area contributed by atoms with E-state index in [0.717, 1.165) is 38.5 Å². The molecule has 0 bridgehead atoms. The largest absolute Gasteiger partial charge is 0.493 e. The van der Waals surface area contributed by atoms with Crippen molar-refractivity contribution >= 4 is 11.9 Å². The minimum Gasteiger partial charge on any atom is -0.493 e. The molecule has 0 fully saturated rings. The highest BCUT2D eigenvalue weighted by molar-refractivity contribution is 5.76. The third-order valence-corrected chi connectivity index (χ3v) is 4.85. The van der Waals surface area contributed by atoms with Gasteiger partial charge in [-0.25, -0.2) is 0 Å². The Morgan fingerprint density at radius 1 is 0.667 bits per heavy atom. The maximum absolute atomic E-state index is 12.1. The van der Waals surface area contributed by atoms with Crippen molar-refractivity contribution in [2.45, 2.75) is 104 Å². The summed E-state index contributed by atoms with van der Waals surface area (Å²) in [5.41, 5.74) is 0. The summed E-state index contributed by atoms with van der Waals surface area (Å²) in [6.45, 7) is 6.88. The first-order valence-corrected chi connectivity index (χ1v) is 11.8. The van der Waals surface area contributed by atoms with Crippen LogP contribution in [0, 0.1) is 0 Å². The molecule has 0 atom stereocenters. The third-order valence-electron chi connectivity index (χ3n) is 4.85. The van der Waals surface area contributed by atoms with Crippen LogP contribution in [0.25, 0.3) is 0 Å². The number of ether oxygens (including phenoxy) is 3. The van der Waals surface area contributed by atoms with Gasteiger partial charge in [0.2, 0.25) is 0 Å². The van der Waals surface area contributed by atoms with E-state index in [1.807, 2.05) is 13.8 Å². The number of rotatable bonds is 17. The average molecular weight is 421 g/mol. The Labute approximate surface area is 182 Å². The molecule has 0 aliphatic carbocycles. The molecule has 0 unspecified atom stereocenters. The topological polar surface area (TPSA) is 61.8 Å². The fourth-order valence-corrected chi connectivity index (χ4v) is 2.98. The summed E-state index contributed by atoms with van der Waals surface area (Å²) < 4.78 is 16.7. The average Bonchev–Trinajstić information content (AvgIpc) is 2.74. The number of carbonyl (C=O) groups is 2. The molecule has 170 valence electrons. The summed E-state index contributed by atoms with van der Waals surface area (Å²) in [6, 6.07) is 5.05. The number of carbonyl (C=O) groups excluding carboxylic acids is 2. The molecule has 0 N–H and O–H groups in total. The van der Waals surface area contributed by atoms with Gasteiger partial charge in [-0.15, -0.1) is 0 Å². The van der Waals surface area contributed by atoms with E-state index < -0.39 is 0 Å². The quantitative estimate of drug-likeness (QED) is 0.154. The Hall–Kier alpha value is -2.04. The van der Waals surface area contributed by atoms with E-state index in [1.54, 1.807) is 18.2 Å². The summed E-state index contributed by atoms with van der Waals surface area (Å²) in [6.07, 6.45) is 12.6. The minimum absolute atomic E-state index is 0.248. The van der Waals surface area contributed by atoms with Crippen LogP contribution in [0.4, 0.5) is 0 Å². The first-order valence-electron chi connectivity index (χ1n) is 11.8. The predicted octanol–water partition coefficient (Wildman–Crippen LogP) is 7.01. The fourth-order valence-electron chi connectivity index (χ4n) is 2.98. The highest BCUT2D eigenvalue weighted by atomic mass is 16.6. The summed E-state index contributed by atoms with van der Waals surface area (Å²) in [5.74, 6) is 0.487. The lowest BCUT2D eigenvalue weighted by molar-refractivity contribution is -0.137. The van der Waals surface area contributed by atoms with Gasteiger partial charge in [0.05, 0.1) is 6.61 Å². The van der Waals surface area contributed by atoms with Crippen LogP contribution in [0.15, 0.2) is 18.2 Å². The Morgan fingerprint density at radius 2 is 1.20 bits per heavy atom. The van der Waals surface area contributed by atoms with Gasteiger partial charge >= 0.3 is 11.9 Å². The van der Waals surface area contributed by atoms with E-state index in [-0.39, 0.29) is 23.4 Å². The van der Waals surface area contributed by atoms with E-state index in [0.29, 0.717) is 25.2 Å². The van der Waals surface area contributed by atoms with Crippen molar-refractivity contribution in [3.05, 3.63) is 18.2 Å². The van der Waals surface area contributed by atoms with Gasteiger partial charge in [0, 0.05) is 18.9 Å². The molecule has 1 aromatic carbocycles. The maximum Gasteiger partial charge on any atom is 0.311 e. The van der Waals surface area contributed by atoms with Gasteiger partial charge in [-0.3, -0.25) is 9.59 Å². The number of unbranched alkanes of at least 4 members (excludes halogenated alkanes) is 8. The van der Waals surface area contributed by atoms with Gasteiger partial charge in [-0.2, -0.15) is 0 Å². The first-order chi connectivity index (χ1) is 14.6. The molecule has 0 saturated heterocycles. The van der Waals surface area contributed by atoms with Crippen LogP contribution in [0.1, 0.15) is 104 Å². The third kappa shape index (κ3) is 11.8. The molecular formula is C25H40O5. The molecule has 0 amide bonds. The second-order valence-electron chi connectivity index (χ2n) is 7.73. The van der Waals surface area contributed by atoms with Crippen molar-refractivity contribution in [2.75, 3.05) is 6.61 Å². The smallest absolute Gasteiger partial charge is 0.311 e. The van der Waals surface area contributed by atoms with Crippen LogP contribution in [0.2, 0.25) is 0 Å². The molecule has 0 aliphatic rings.